The van der Waals surface area contributed by atoms with Crippen molar-refractivity contribution >= 4 is 16.8 Å². The van der Waals surface area contributed by atoms with E-state index in [0.717, 1.165) is 16.7 Å². The van der Waals surface area contributed by atoms with Gasteiger partial charge in [0.25, 0.3) is 14.1 Å². The maximum atomic E-state index is 13.6. The molecule has 0 saturated carbocycles. The van der Waals surface area contributed by atoms with E-state index in [9.17, 15) is 14.9 Å². The number of hydrogen-bond donors (Lipinski definition) is 1. The van der Waals surface area contributed by atoms with Gasteiger partial charge in [-0.05, 0) is 86.8 Å². The molecule has 1 N–H and O–H groups in total. The number of H-pyrrole nitrogens is 1. The molecule has 13 nitrogen and oxygen atoms in total. The number of rotatable bonds is 19. The normalized spacial score (nSPS) is 19.1. The van der Waals surface area contributed by atoms with Crippen LogP contribution in [0.3, 0.4) is 0 Å². The van der Waals surface area contributed by atoms with Gasteiger partial charge in [-0.1, -0.05) is 75.4 Å². The Morgan fingerprint density at radius 2 is 1.40 bits per heavy atom. The molecule has 15 heteroatoms. The Morgan fingerprint density at radius 1 is 0.850 bits per heavy atom. The van der Waals surface area contributed by atoms with Crippen LogP contribution >= 0.6 is 8.53 Å². The van der Waals surface area contributed by atoms with Crippen LogP contribution in [-0.2, 0) is 28.5 Å². The number of hydrogen-bond acceptors (Lipinski definition) is 11. The van der Waals surface area contributed by atoms with Crippen molar-refractivity contribution in [3.05, 3.63) is 129 Å². The first-order chi connectivity index (χ1) is 28.5. The smallest absolute Gasteiger partial charge is 0.330 e. The fourth-order valence-corrected chi connectivity index (χ4v) is 10.2. The lowest BCUT2D eigenvalue weighted by Gasteiger charge is -2.42. The molecule has 2 heterocycles. The Kier molecular flexibility index (Phi) is 15.7. The van der Waals surface area contributed by atoms with Crippen molar-refractivity contribution < 1.29 is 32.4 Å². The summed E-state index contributed by atoms with van der Waals surface area (Å²) in [6.45, 7) is 19.1. The molecule has 2 unspecified atom stereocenters. The number of aromatic amines is 1. The maximum absolute atomic E-state index is 13.6. The molecule has 60 heavy (non-hydrogen) atoms. The lowest BCUT2D eigenvalue weighted by Crippen LogP contribution is -2.50. The summed E-state index contributed by atoms with van der Waals surface area (Å²) in [7, 11) is -1.20. The first-order valence-corrected chi connectivity index (χ1v) is 24.4. The van der Waals surface area contributed by atoms with Gasteiger partial charge in [0.05, 0.1) is 39.9 Å². The average Bonchev–Trinajstić information content (AvgIpc) is 3.53. The highest BCUT2D eigenvalue weighted by molar-refractivity contribution is 7.44. The third kappa shape index (κ3) is 10.5. The predicted octanol–water partition coefficient (Wildman–Crippen LogP) is 8.51. The highest BCUT2D eigenvalue weighted by Crippen LogP contribution is 2.52. The van der Waals surface area contributed by atoms with Crippen LogP contribution in [0.1, 0.15) is 77.8 Å². The Bertz CT molecular complexity index is 2080. The number of methoxy groups -OCH3 is 2. The number of nitrogens with one attached hydrogen (secondary N) is 1. The number of ether oxygens (including phenoxy) is 4. The van der Waals surface area contributed by atoms with E-state index in [1.807, 2.05) is 78.9 Å². The van der Waals surface area contributed by atoms with Gasteiger partial charge in [-0.3, -0.25) is 14.3 Å². The molecule has 5 atom stereocenters. The molecular weight excluding hydrogens is 809 g/mol. The van der Waals surface area contributed by atoms with Gasteiger partial charge in [0.2, 0.25) is 0 Å². The molecule has 1 aliphatic heterocycles. The topological polar surface area (TPSA) is 147 Å². The number of aromatic nitrogens is 2. The summed E-state index contributed by atoms with van der Waals surface area (Å²) >= 11 is 0. The summed E-state index contributed by atoms with van der Waals surface area (Å²) in [6.07, 6.45) is -2.01. The molecule has 0 amide bonds. The molecule has 5 rings (SSSR count). The summed E-state index contributed by atoms with van der Waals surface area (Å²) in [5, 5.41) is 9.26. The van der Waals surface area contributed by atoms with Gasteiger partial charge in [0.15, 0.2) is 14.5 Å². The summed E-state index contributed by atoms with van der Waals surface area (Å²) in [6, 6.07) is 29.0. The molecule has 3 aromatic carbocycles. The van der Waals surface area contributed by atoms with Crippen molar-refractivity contribution in [1.29, 1.82) is 5.26 Å². The fraction of sp³-hybridized carbons (Fsp3) is 0.489. The predicted molar refractivity (Wildman–Crippen MR) is 236 cm³/mol. The summed E-state index contributed by atoms with van der Waals surface area (Å²) in [4.78, 5) is 28.4. The van der Waals surface area contributed by atoms with Crippen LogP contribution in [0.4, 0.5) is 0 Å². The maximum Gasteiger partial charge on any atom is 0.330 e. The first kappa shape index (κ1) is 46.9. The molecule has 1 aliphatic rings. The Hall–Kier alpha value is -4.16. The lowest BCUT2D eigenvalue weighted by molar-refractivity contribution is -0.0943. The third-order valence-electron chi connectivity index (χ3n) is 11.2. The van der Waals surface area contributed by atoms with Crippen molar-refractivity contribution in [2.24, 2.45) is 0 Å². The Balaban J connectivity index is 1.73. The van der Waals surface area contributed by atoms with E-state index in [-0.39, 0.29) is 36.8 Å². The van der Waals surface area contributed by atoms with Crippen LogP contribution in [0.25, 0.3) is 0 Å². The van der Waals surface area contributed by atoms with Crippen LogP contribution in [0.2, 0.25) is 18.1 Å². The van der Waals surface area contributed by atoms with Crippen molar-refractivity contribution in [2.75, 3.05) is 27.4 Å². The summed E-state index contributed by atoms with van der Waals surface area (Å²) in [5.41, 5.74) is 0.119. The summed E-state index contributed by atoms with van der Waals surface area (Å²) < 4.78 is 50.0. The quantitative estimate of drug-likeness (QED) is 0.0318. The number of nitrogens with zero attached hydrogens (tertiary/aromatic N) is 3. The monoisotopic (exact) mass is 869 g/mol. The molecule has 0 bridgehead atoms. The molecule has 1 saturated heterocycles. The van der Waals surface area contributed by atoms with Crippen LogP contribution in [-0.4, -0.2) is 80.4 Å². The van der Waals surface area contributed by atoms with Crippen molar-refractivity contribution in [3.63, 3.8) is 0 Å². The van der Waals surface area contributed by atoms with Gasteiger partial charge >= 0.3 is 5.69 Å². The zero-order chi connectivity index (χ0) is 43.8. The average molecular weight is 870 g/mol. The fourth-order valence-electron chi connectivity index (χ4n) is 7.14. The molecular formula is C45H61N4O9PSi. The first-order valence-electron chi connectivity index (χ1n) is 20.4. The Morgan fingerprint density at radius 3 is 1.88 bits per heavy atom. The van der Waals surface area contributed by atoms with E-state index in [0.29, 0.717) is 11.5 Å². The minimum Gasteiger partial charge on any atom is -0.497 e. The molecule has 324 valence electrons. The zero-order valence-corrected chi connectivity index (χ0v) is 38.6. The highest BCUT2D eigenvalue weighted by atomic mass is 31.2. The van der Waals surface area contributed by atoms with Crippen LogP contribution in [0.5, 0.6) is 11.5 Å². The van der Waals surface area contributed by atoms with Crippen molar-refractivity contribution in [2.45, 2.75) is 115 Å². The SMILES string of the molecule is COc1ccc(C(O[13CH2][13C@H]2O[13C@@H](n3[13cH][13cH][13c](=O)[nH][13c]3=O)[13C@@H](O[Si](C)(C)C(C)(C)C)[13CH]2OP(OCCC#N)N(C(C)C)C(C)C)(c2ccccc2)c2ccc(OC)cc2)cc1. The van der Waals surface area contributed by atoms with Crippen LogP contribution < -0.4 is 20.7 Å². The van der Waals surface area contributed by atoms with E-state index in [2.05, 4.69) is 77.3 Å². The van der Waals surface area contributed by atoms with E-state index in [1.54, 1.807) is 14.2 Å². The highest BCUT2D eigenvalue weighted by Gasteiger charge is 2.54. The van der Waals surface area contributed by atoms with Crippen LogP contribution in [0.15, 0.2) is 101 Å². The number of benzene rings is 3. The van der Waals surface area contributed by atoms with E-state index in [4.69, 9.17) is 32.4 Å². The largest absolute Gasteiger partial charge is 0.497 e. The molecule has 1 aromatic heterocycles. The van der Waals surface area contributed by atoms with E-state index >= 15 is 0 Å². The second-order valence-electron chi connectivity index (χ2n) is 16.9. The van der Waals surface area contributed by atoms with Gasteiger partial charge in [0.1, 0.15) is 35.4 Å². The second-order valence-corrected chi connectivity index (χ2v) is 23.0. The third-order valence-corrected chi connectivity index (χ3v) is 17.8. The number of nitriles is 1. The lowest BCUT2D eigenvalue weighted by atomic mass is 9.80. The molecule has 0 spiro atoms. The molecule has 0 radical (unpaired) electrons. The zero-order valence-electron chi connectivity index (χ0n) is 36.7. The summed E-state index contributed by atoms with van der Waals surface area (Å²) in [5.74, 6) is 1.37. The van der Waals surface area contributed by atoms with E-state index < -0.39 is 58.2 Å². The van der Waals surface area contributed by atoms with Gasteiger partial charge in [0, 0.05) is 24.3 Å². The van der Waals surface area contributed by atoms with Gasteiger partial charge in [-0.15, -0.1) is 0 Å². The standard InChI is InChI=1S/C45H61N4O9PSi/c1-31(2)49(32(3)4)59(55-29-15-27-46)57-40-38(56-42(48-28-26-39(50)47-43(48)51)41(40)58-60(10,11)44(5,6)7)30-54-45(33-16-13-12-14-17-33,34-18-22-36(52-8)23-19-34)35-20-24-37(53-9)25-21-35/h12-14,16-26,28,31-32,38,40-42H,15,29-30H2,1-11H3,(H,47,50,51)/t38-,40?,41+,42-,59?/m1/s1/i26+1,28+1,30+1,38+1,39+1,40+1,41+1,42+1,43+1. The van der Waals surface area contributed by atoms with Gasteiger partial charge < -0.3 is 32.4 Å². The van der Waals surface area contributed by atoms with Gasteiger partial charge in [-0.25, -0.2) is 9.46 Å². The second kappa shape index (κ2) is 20.1. The molecule has 1 fully saturated rings. The van der Waals surface area contributed by atoms with Crippen molar-refractivity contribution in [1.82, 2.24) is 14.2 Å². The van der Waals surface area contributed by atoms with Crippen LogP contribution in [0, 0.1) is 11.3 Å². The van der Waals surface area contributed by atoms with Crippen molar-refractivity contribution in [3.8, 4) is 17.6 Å². The molecule has 0 aliphatic carbocycles. The van der Waals surface area contributed by atoms with Gasteiger partial charge in [-0.2, -0.15) is 5.26 Å². The minimum absolute atomic E-state index is 0.00321. The molecule has 4 aromatic rings. The van der Waals surface area contributed by atoms with E-state index in [1.165, 1.54) is 16.8 Å². The minimum atomic E-state index is -2.64. The Labute approximate surface area is 356 Å².